The van der Waals surface area contributed by atoms with Crippen LogP contribution in [0.3, 0.4) is 0 Å². The summed E-state index contributed by atoms with van der Waals surface area (Å²) in [5, 5.41) is 2.52. The van der Waals surface area contributed by atoms with Crippen molar-refractivity contribution >= 4 is 30.5 Å². The molecule has 3 aromatic carbocycles. The van der Waals surface area contributed by atoms with Gasteiger partial charge in [0.25, 0.3) is 8.32 Å². The first-order chi connectivity index (χ1) is 18.5. The predicted octanol–water partition coefficient (Wildman–Crippen LogP) is 7.95. The molecule has 1 unspecified atom stereocenters. The molecule has 0 spiro atoms. The van der Waals surface area contributed by atoms with Crippen molar-refractivity contribution in [2.45, 2.75) is 94.7 Å². The Morgan fingerprint density at radius 3 is 1.87 bits per heavy atom. The van der Waals surface area contributed by atoms with Crippen LogP contribution in [0.4, 0.5) is 0 Å². The SMILES string of the molecule is CC(C)=CC(CC[C@H]1OC(C)(C)O[C@@H]1Sc1ccccc1)O[Si](c1ccccc1)(c1ccccc1)C(C)(C)C. The summed E-state index contributed by atoms with van der Waals surface area (Å²) in [5.74, 6) is -0.609. The zero-order valence-corrected chi connectivity index (χ0v) is 26.3. The highest BCUT2D eigenvalue weighted by molar-refractivity contribution is 7.99. The maximum absolute atomic E-state index is 7.51. The maximum Gasteiger partial charge on any atom is 0.261 e. The minimum Gasteiger partial charge on any atom is -0.401 e. The predicted molar refractivity (Wildman–Crippen MR) is 167 cm³/mol. The monoisotopic (exact) mass is 560 g/mol. The highest BCUT2D eigenvalue weighted by Crippen LogP contribution is 2.41. The highest BCUT2D eigenvalue weighted by atomic mass is 32.2. The number of benzene rings is 3. The minimum absolute atomic E-state index is 0.0268. The molecule has 0 radical (unpaired) electrons. The van der Waals surface area contributed by atoms with Crippen molar-refractivity contribution in [2.75, 3.05) is 0 Å². The third kappa shape index (κ3) is 7.33. The van der Waals surface area contributed by atoms with Crippen LogP contribution in [-0.2, 0) is 13.9 Å². The van der Waals surface area contributed by atoms with Crippen LogP contribution in [0.2, 0.25) is 5.04 Å². The lowest BCUT2D eigenvalue weighted by Crippen LogP contribution is -2.67. The summed E-state index contributed by atoms with van der Waals surface area (Å²) in [7, 11) is -2.68. The molecule has 1 aliphatic heterocycles. The van der Waals surface area contributed by atoms with Gasteiger partial charge in [-0.15, -0.1) is 0 Å². The van der Waals surface area contributed by atoms with Crippen LogP contribution in [0.25, 0.3) is 0 Å². The Balaban J connectivity index is 1.65. The van der Waals surface area contributed by atoms with E-state index in [9.17, 15) is 0 Å². The molecule has 1 fully saturated rings. The van der Waals surface area contributed by atoms with Crippen LogP contribution in [0.1, 0.15) is 61.3 Å². The molecule has 3 nitrogen and oxygen atoms in total. The molecule has 0 aromatic heterocycles. The fourth-order valence-electron chi connectivity index (χ4n) is 5.53. The summed E-state index contributed by atoms with van der Waals surface area (Å²) in [6.07, 6.45) is 3.93. The Labute approximate surface area is 241 Å². The third-order valence-corrected chi connectivity index (χ3v) is 13.4. The van der Waals surface area contributed by atoms with Crippen molar-refractivity contribution in [1.82, 2.24) is 0 Å². The number of ether oxygens (including phenoxy) is 2. The van der Waals surface area contributed by atoms with Crippen molar-refractivity contribution < 1.29 is 13.9 Å². The Kier molecular flexibility index (Phi) is 9.61. The number of allylic oxidation sites excluding steroid dienone is 1. The molecule has 39 heavy (non-hydrogen) atoms. The van der Waals surface area contributed by atoms with Gasteiger partial charge in [0.15, 0.2) is 5.79 Å². The van der Waals surface area contributed by atoms with Crippen molar-refractivity contribution in [3.05, 3.63) is 103 Å². The van der Waals surface area contributed by atoms with E-state index >= 15 is 0 Å². The summed E-state index contributed by atoms with van der Waals surface area (Å²) in [6, 6.07) is 32.2. The zero-order chi connectivity index (χ0) is 28.1. The van der Waals surface area contributed by atoms with Crippen molar-refractivity contribution in [2.24, 2.45) is 0 Å². The minimum atomic E-state index is -2.68. The van der Waals surface area contributed by atoms with Crippen LogP contribution >= 0.6 is 11.8 Å². The number of hydrogen-bond acceptors (Lipinski definition) is 4. The highest BCUT2D eigenvalue weighted by Gasteiger charge is 2.51. The van der Waals surface area contributed by atoms with Crippen LogP contribution < -0.4 is 10.4 Å². The van der Waals surface area contributed by atoms with Gasteiger partial charge in [-0.05, 0) is 68.1 Å². The lowest BCUT2D eigenvalue weighted by molar-refractivity contribution is -0.141. The van der Waals surface area contributed by atoms with Crippen LogP contribution in [0, 0.1) is 0 Å². The molecule has 0 bridgehead atoms. The quantitative estimate of drug-likeness (QED) is 0.186. The van der Waals surface area contributed by atoms with Gasteiger partial charge in [-0.3, -0.25) is 0 Å². The van der Waals surface area contributed by atoms with Gasteiger partial charge in [0.05, 0.1) is 12.2 Å². The number of thioether (sulfide) groups is 1. The molecular formula is C34H44O3SSi. The first kappa shape index (κ1) is 29.8. The van der Waals surface area contributed by atoms with Gasteiger partial charge in [0.1, 0.15) is 5.44 Å². The van der Waals surface area contributed by atoms with Crippen LogP contribution in [0.15, 0.2) is 108 Å². The fraction of sp³-hybridized carbons (Fsp3) is 0.412. The zero-order valence-electron chi connectivity index (χ0n) is 24.5. The molecule has 0 N–H and O–H groups in total. The summed E-state index contributed by atoms with van der Waals surface area (Å²) >= 11 is 1.74. The van der Waals surface area contributed by atoms with E-state index in [0.29, 0.717) is 0 Å². The first-order valence-corrected chi connectivity index (χ1v) is 16.8. The van der Waals surface area contributed by atoms with Gasteiger partial charge in [-0.25, -0.2) is 0 Å². The van der Waals surface area contributed by atoms with Crippen LogP contribution in [-0.4, -0.2) is 31.7 Å². The second kappa shape index (κ2) is 12.6. The van der Waals surface area contributed by atoms with Gasteiger partial charge in [-0.1, -0.05) is 123 Å². The maximum atomic E-state index is 7.51. The van der Waals surface area contributed by atoms with E-state index < -0.39 is 14.1 Å². The van der Waals surface area contributed by atoms with Crippen molar-refractivity contribution in [3.63, 3.8) is 0 Å². The molecule has 4 rings (SSSR count). The third-order valence-electron chi connectivity index (χ3n) is 7.13. The first-order valence-electron chi connectivity index (χ1n) is 14.0. The Morgan fingerprint density at radius 1 is 0.872 bits per heavy atom. The molecule has 0 saturated carbocycles. The van der Waals surface area contributed by atoms with E-state index in [2.05, 4.69) is 126 Å². The second-order valence-electron chi connectivity index (χ2n) is 12.1. The normalized spacial score (nSPS) is 20.0. The lowest BCUT2D eigenvalue weighted by Gasteiger charge is -2.45. The summed E-state index contributed by atoms with van der Waals surface area (Å²) in [4.78, 5) is 1.19. The van der Waals surface area contributed by atoms with Crippen molar-refractivity contribution in [1.29, 1.82) is 0 Å². The topological polar surface area (TPSA) is 27.7 Å². The average molecular weight is 561 g/mol. The Hall–Kier alpha value is -2.15. The van der Waals surface area contributed by atoms with Crippen molar-refractivity contribution in [3.8, 4) is 0 Å². The molecule has 208 valence electrons. The van der Waals surface area contributed by atoms with E-state index in [1.54, 1.807) is 11.8 Å². The van der Waals surface area contributed by atoms with Crippen LogP contribution in [0.5, 0.6) is 0 Å². The van der Waals surface area contributed by atoms with E-state index in [-0.39, 0.29) is 22.7 Å². The van der Waals surface area contributed by atoms with E-state index in [0.717, 1.165) is 12.8 Å². The van der Waals surface area contributed by atoms with E-state index in [1.807, 2.05) is 19.9 Å². The smallest absolute Gasteiger partial charge is 0.261 e. The molecule has 3 aromatic rings. The Bertz CT molecular complexity index is 1160. The Morgan fingerprint density at radius 2 is 1.38 bits per heavy atom. The van der Waals surface area contributed by atoms with Gasteiger partial charge >= 0.3 is 0 Å². The molecule has 3 atom stereocenters. The van der Waals surface area contributed by atoms with E-state index in [1.165, 1.54) is 20.8 Å². The molecule has 1 saturated heterocycles. The van der Waals surface area contributed by atoms with Gasteiger partial charge < -0.3 is 13.9 Å². The standard InChI is InChI=1S/C34H44O3SSi/c1-26(2)25-27(23-24-31-32(36-34(6,7)35-31)38-28-17-11-8-12-18-28)37-39(33(3,4)5,29-19-13-9-14-20-29)30-21-15-10-16-22-30/h8-22,25,27,31-32H,23-24H2,1-7H3/t27?,31-,32-/m1/s1. The largest absolute Gasteiger partial charge is 0.401 e. The summed E-state index contributed by atoms with van der Waals surface area (Å²) < 4.78 is 20.3. The molecule has 5 heteroatoms. The molecular weight excluding hydrogens is 517 g/mol. The number of rotatable bonds is 10. The number of hydrogen-bond donors (Lipinski definition) is 0. The van der Waals surface area contributed by atoms with Gasteiger partial charge in [0.2, 0.25) is 0 Å². The summed E-state index contributed by atoms with van der Waals surface area (Å²) in [6.45, 7) is 15.4. The second-order valence-corrected chi connectivity index (χ2v) is 17.5. The molecule has 0 amide bonds. The molecule has 1 aliphatic rings. The molecule has 0 aliphatic carbocycles. The average Bonchev–Trinajstić information content (AvgIpc) is 3.19. The molecule has 1 heterocycles. The fourth-order valence-corrected chi connectivity index (χ4v) is 11.4. The summed E-state index contributed by atoms with van der Waals surface area (Å²) in [5.41, 5.74) is 1.19. The van der Waals surface area contributed by atoms with Gasteiger partial charge in [0, 0.05) is 4.90 Å². The van der Waals surface area contributed by atoms with Gasteiger partial charge in [-0.2, -0.15) is 0 Å². The lowest BCUT2D eigenvalue weighted by atomic mass is 10.1. The van der Waals surface area contributed by atoms with E-state index in [4.69, 9.17) is 13.9 Å².